The molecule has 0 aliphatic heterocycles. The van der Waals surface area contributed by atoms with E-state index in [9.17, 15) is 14.9 Å². The van der Waals surface area contributed by atoms with Gasteiger partial charge in [0.1, 0.15) is 0 Å². The monoisotopic (exact) mass is 253 g/mol. The third-order valence-electron chi connectivity index (χ3n) is 2.41. The van der Waals surface area contributed by atoms with E-state index in [0.717, 1.165) is 0 Å². The number of hydrogen-bond acceptors (Lipinski definition) is 4. The van der Waals surface area contributed by atoms with Crippen LogP contribution < -0.4 is 4.74 Å². The Labute approximate surface area is 104 Å². The van der Waals surface area contributed by atoms with Crippen molar-refractivity contribution in [2.75, 3.05) is 0 Å². The van der Waals surface area contributed by atoms with E-state index >= 15 is 0 Å². The Balaban J connectivity index is 3.34. The first kappa shape index (κ1) is 14.0. The van der Waals surface area contributed by atoms with Gasteiger partial charge in [0, 0.05) is 5.56 Å². The molecule has 0 fully saturated rings. The topological polar surface area (TPSA) is 89.7 Å². The van der Waals surface area contributed by atoms with Crippen molar-refractivity contribution in [3.63, 3.8) is 0 Å². The summed E-state index contributed by atoms with van der Waals surface area (Å²) >= 11 is 0. The molecule has 1 aromatic carbocycles. The maximum Gasteiger partial charge on any atom is 0.314 e. The molecule has 0 amide bonds. The summed E-state index contributed by atoms with van der Waals surface area (Å²) in [5.74, 6) is -1.97. The van der Waals surface area contributed by atoms with Gasteiger partial charge in [0.2, 0.25) is 0 Å². The van der Waals surface area contributed by atoms with Crippen molar-refractivity contribution in [1.29, 1.82) is 0 Å². The van der Waals surface area contributed by atoms with E-state index in [-0.39, 0.29) is 23.1 Å². The standard InChI is InChI=1S/C12H15NO5/c1-7(2)18-10-6-4-5-9(8(3)12(14)15)11(10)13(16)17/h4-8H,1-3H3,(H,14,15). The number of nitro benzene ring substituents is 1. The van der Waals surface area contributed by atoms with E-state index in [0.29, 0.717) is 0 Å². The molecule has 0 saturated heterocycles. The fourth-order valence-electron chi connectivity index (χ4n) is 1.57. The van der Waals surface area contributed by atoms with Crippen molar-refractivity contribution < 1.29 is 19.6 Å². The lowest BCUT2D eigenvalue weighted by atomic mass is 9.99. The van der Waals surface area contributed by atoms with E-state index in [2.05, 4.69) is 0 Å². The Hall–Kier alpha value is -2.11. The van der Waals surface area contributed by atoms with Crippen molar-refractivity contribution in [3.05, 3.63) is 33.9 Å². The van der Waals surface area contributed by atoms with Gasteiger partial charge in [-0.15, -0.1) is 0 Å². The van der Waals surface area contributed by atoms with Gasteiger partial charge in [-0.2, -0.15) is 0 Å². The molecular formula is C12H15NO5. The summed E-state index contributed by atoms with van der Waals surface area (Å²) in [6.07, 6.45) is -0.223. The van der Waals surface area contributed by atoms with Crippen LogP contribution in [0.4, 0.5) is 5.69 Å². The number of carbonyl (C=O) groups is 1. The smallest absolute Gasteiger partial charge is 0.314 e. The average molecular weight is 253 g/mol. The third-order valence-corrected chi connectivity index (χ3v) is 2.41. The summed E-state index contributed by atoms with van der Waals surface area (Å²) in [4.78, 5) is 21.4. The highest BCUT2D eigenvalue weighted by atomic mass is 16.6. The molecule has 0 aliphatic carbocycles. The van der Waals surface area contributed by atoms with Crippen LogP contribution in [-0.2, 0) is 4.79 Å². The van der Waals surface area contributed by atoms with Crippen LogP contribution in [-0.4, -0.2) is 22.1 Å². The highest BCUT2D eigenvalue weighted by molar-refractivity contribution is 5.78. The van der Waals surface area contributed by atoms with Crippen LogP contribution in [0.1, 0.15) is 32.3 Å². The van der Waals surface area contributed by atoms with E-state index in [1.54, 1.807) is 19.9 Å². The summed E-state index contributed by atoms with van der Waals surface area (Å²) < 4.78 is 5.34. The molecular weight excluding hydrogens is 238 g/mol. The summed E-state index contributed by atoms with van der Waals surface area (Å²) in [5, 5.41) is 20.0. The van der Waals surface area contributed by atoms with Gasteiger partial charge in [-0.3, -0.25) is 14.9 Å². The maximum atomic E-state index is 11.1. The fraction of sp³-hybridized carbons (Fsp3) is 0.417. The normalized spacial score (nSPS) is 12.2. The number of rotatable bonds is 5. The number of nitrogens with zero attached hydrogens (tertiary/aromatic N) is 1. The van der Waals surface area contributed by atoms with Crippen LogP contribution in [0.3, 0.4) is 0 Å². The largest absolute Gasteiger partial charge is 0.484 e. The Bertz CT molecular complexity index is 470. The Morgan fingerprint density at radius 2 is 2.00 bits per heavy atom. The molecule has 1 rings (SSSR count). The van der Waals surface area contributed by atoms with Crippen molar-refractivity contribution in [1.82, 2.24) is 0 Å². The number of aliphatic carboxylic acids is 1. The first-order valence-corrected chi connectivity index (χ1v) is 5.51. The van der Waals surface area contributed by atoms with Crippen molar-refractivity contribution >= 4 is 11.7 Å². The summed E-state index contributed by atoms with van der Waals surface area (Å²) in [5.41, 5.74) is -0.133. The molecule has 0 bridgehead atoms. The predicted molar refractivity (Wildman–Crippen MR) is 64.9 cm³/mol. The average Bonchev–Trinajstić information content (AvgIpc) is 2.26. The molecule has 0 spiro atoms. The Morgan fingerprint density at radius 3 is 2.44 bits per heavy atom. The minimum absolute atomic E-state index is 0.0978. The van der Waals surface area contributed by atoms with Crippen LogP contribution in [0.2, 0.25) is 0 Å². The number of ether oxygens (including phenoxy) is 1. The zero-order valence-corrected chi connectivity index (χ0v) is 10.4. The van der Waals surface area contributed by atoms with Gasteiger partial charge in [0.25, 0.3) is 0 Å². The van der Waals surface area contributed by atoms with Crippen LogP contribution >= 0.6 is 0 Å². The summed E-state index contributed by atoms with van der Waals surface area (Å²) in [6, 6.07) is 4.46. The molecule has 18 heavy (non-hydrogen) atoms. The van der Waals surface area contributed by atoms with Gasteiger partial charge in [-0.1, -0.05) is 12.1 Å². The molecule has 0 heterocycles. The number of para-hydroxylation sites is 1. The lowest BCUT2D eigenvalue weighted by Gasteiger charge is -2.13. The lowest BCUT2D eigenvalue weighted by Crippen LogP contribution is -2.12. The van der Waals surface area contributed by atoms with Crippen LogP contribution in [0, 0.1) is 10.1 Å². The lowest BCUT2D eigenvalue weighted by molar-refractivity contribution is -0.386. The maximum absolute atomic E-state index is 11.1. The molecule has 6 heteroatoms. The molecule has 0 saturated carbocycles. The number of carboxylic acid groups (broad SMARTS) is 1. The highest BCUT2D eigenvalue weighted by Gasteiger charge is 2.28. The molecule has 98 valence electrons. The van der Waals surface area contributed by atoms with Crippen LogP contribution in [0.25, 0.3) is 0 Å². The minimum atomic E-state index is -1.11. The second-order valence-electron chi connectivity index (χ2n) is 4.18. The molecule has 0 aliphatic rings. The molecule has 6 nitrogen and oxygen atoms in total. The summed E-state index contributed by atoms with van der Waals surface area (Å²) in [6.45, 7) is 4.90. The second kappa shape index (κ2) is 5.48. The molecule has 1 N–H and O–H groups in total. The minimum Gasteiger partial charge on any atom is -0.484 e. The first-order chi connectivity index (χ1) is 8.34. The van der Waals surface area contributed by atoms with Gasteiger partial charge in [-0.25, -0.2) is 0 Å². The molecule has 1 atom stereocenters. The van der Waals surface area contributed by atoms with E-state index in [1.165, 1.54) is 19.1 Å². The van der Waals surface area contributed by atoms with E-state index in [4.69, 9.17) is 9.84 Å². The number of carboxylic acids is 1. The number of benzene rings is 1. The molecule has 1 aromatic rings. The van der Waals surface area contributed by atoms with Crippen molar-refractivity contribution in [2.24, 2.45) is 0 Å². The SMILES string of the molecule is CC(C)Oc1cccc(C(C)C(=O)O)c1[N+](=O)[O-]. The van der Waals surface area contributed by atoms with E-state index < -0.39 is 16.8 Å². The zero-order chi connectivity index (χ0) is 13.9. The van der Waals surface area contributed by atoms with Gasteiger partial charge in [-0.05, 0) is 26.8 Å². The number of nitro groups is 1. The molecule has 0 aromatic heterocycles. The van der Waals surface area contributed by atoms with Gasteiger partial charge in [0.05, 0.1) is 16.9 Å². The van der Waals surface area contributed by atoms with E-state index in [1.807, 2.05) is 0 Å². The molecule has 0 radical (unpaired) electrons. The molecule has 1 unspecified atom stereocenters. The Morgan fingerprint density at radius 1 is 1.39 bits per heavy atom. The third kappa shape index (κ3) is 2.97. The van der Waals surface area contributed by atoms with Gasteiger partial charge >= 0.3 is 11.7 Å². The van der Waals surface area contributed by atoms with Gasteiger partial charge < -0.3 is 9.84 Å². The summed E-state index contributed by atoms with van der Waals surface area (Å²) in [7, 11) is 0. The Kier molecular flexibility index (Phi) is 4.25. The first-order valence-electron chi connectivity index (χ1n) is 5.51. The highest BCUT2D eigenvalue weighted by Crippen LogP contribution is 2.35. The van der Waals surface area contributed by atoms with Crippen LogP contribution in [0.15, 0.2) is 18.2 Å². The second-order valence-corrected chi connectivity index (χ2v) is 4.18. The van der Waals surface area contributed by atoms with Crippen molar-refractivity contribution in [3.8, 4) is 5.75 Å². The van der Waals surface area contributed by atoms with Gasteiger partial charge in [0.15, 0.2) is 5.75 Å². The quantitative estimate of drug-likeness (QED) is 0.643. The van der Waals surface area contributed by atoms with Crippen molar-refractivity contribution in [2.45, 2.75) is 32.8 Å². The van der Waals surface area contributed by atoms with Crippen LogP contribution in [0.5, 0.6) is 5.75 Å². The fourth-order valence-corrected chi connectivity index (χ4v) is 1.57. The predicted octanol–water partition coefficient (Wildman–Crippen LogP) is 2.57. The number of hydrogen-bond donors (Lipinski definition) is 1. The zero-order valence-electron chi connectivity index (χ0n) is 10.4.